The zero-order valence-electron chi connectivity index (χ0n) is 47.5. The second-order valence-corrected chi connectivity index (χ2v) is 21.9. The van der Waals surface area contributed by atoms with Crippen molar-refractivity contribution in [2.24, 2.45) is 21.5 Å². The van der Waals surface area contributed by atoms with Crippen LogP contribution in [-0.2, 0) is 18.9 Å². The molecule has 0 saturated heterocycles. The average Bonchev–Trinajstić information content (AvgIpc) is 3.36. The molecule has 4 aromatic carbocycles. The summed E-state index contributed by atoms with van der Waals surface area (Å²) in [5.41, 5.74) is 13.8. The van der Waals surface area contributed by atoms with Gasteiger partial charge in [0.2, 0.25) is 11.9 Å². The van der Waals surface area contributed by atoms with Crippen molar-refractivity contribution >= 4 is 36.3 Å². The summed E-state index contributed by atoms with van der Waals surface area (Å²) in [6.45, 7) is 23.2. The lowest BCUT2D eigenvalue weighted by atomic mass is 9.93. The molecule has 0 aromatic heterocycles. The minimum absolute atomic E-state index is 0.127. The van der Waals surface area contributed by atoms with E-state index in [9.17, 15) is 19.2 Å². The summed E-state index contributed by atoms with van der Waals surface area (Å²) in [6, 6.07) is 27.7. The van der Waals surface area contributed by atoms with Crippen molar-refractivity contribution in [2.75, 3.05) is 52.6 Å². The highest BCUT2D eigenvalue weighted by Gasteiger charge is 2.23. The number of hydrogen-bond donors (Lipinski definition) is 6. The van der Waals surface area contributed by atoms with Crippen molar-refractivity contribution in [1.29, 1.82) is 0 Å². The Morgan fingerprint density at radius 1 is 0.385 bits per heavy atom. The molecule has 8 N–H and O–H groups in total. The fourth-order valence-electron chi connectivity index (χ4n) is 6.83. The van der Waals surface area contributed by atoms with Crippen molar-refractivity contribution in [3.05, 3.63) is 84.9 Å². The number of hydrogen-bond acceptors (Lipinski definition) is 16. The maximum atomic E-state index is 12.6. The van der Waals surface area contributed by atoms with Crippen molar-refractivity contribution in [3.63, 3.8) is 0 Å². The maximum Gasteiger partial charge on any atom is 0.414 e. The first kappa shape index (κ1) is 63.0. The molecule has 0 unspecified atom stereocenters. The fraction of sp³-hybridized carbons (Fsp3) is 0.483. The molecule has 0 heterocycles. The van der Waals surface area contributed by atoms with Gasteiger partial charge in [-0.25, -0.2) is 19.2 Å². The summed E-state index contributed by atoms with van der Waals surface area (Å²) < 4.78 is 46.6. The lowest BCUT2D eigenvalue weighted by Gasteiger charge is -2.22. The van der Waals surface area contributed by atoms with E-state index >= 15 is 0 Å². The molecule has 4 amide bonds. The summed E-state index contributed by atoms with van der Waals surface area (Å²) in [5, 5.41) is 10.0. The molecular weight excluding hydrogens is 1000 g/mol. The molecule has 0 fully saturated rings. The van der Waals surface area contributed by atoms with Gasteiger partial charge in [0.25, 0.3) is 0 Å². The van der Waals surface area contributed by atoms with Crippen LogP contribution in [0.1, 0.15) is 109 Å². The van der Waals surface area contributed by atoms with Gasteiger partial charge in [-0.1, -0.05) is 30.3 Å². The SMILES string of the molecule is CC(C)(C)OC(=O)NC(=NCCCOc1cc(OCCCN)cc(-c2cc(-c3ccccc3)cc(-c3cc(OCCCN)cc(OCCCN=C(NC(=O)OC(C)(C)C)NC(=O)OC(C)(C)C)c3)c2)c1)NC(=O)OC(C)(C)C. The van der Waals surface area contributed by atoms with Crippen molar-refractivity contribution in [1.82, 2.24) is 21.3 Å². The number of ether oxygens (including phenoxy) is 8. The van der Waals surface area contributed by atoms with E-state index in [0.717, 1.165) is 33.4 Å². The molecular formula is C58H82N8O12. The lowest BCUT2D eigenvalue weighted by Crippen LogP contribution is -2.47. The van der Waals surface area contributed by atoms with E-state index in [2.05, 4.69) is 49.5 Å². The number of rotatable bonds is 21. The van der Waals surface area contributed by atoms with Gasteiger partial charge in [-0.05, 0) is 185 Å². The summed E-state index contributed by atoms with van der Waals surface area (Å²) in [4.78, 5) is 59.4. The minimum atomic E-state index is -0.790. The number of amides is 4. The summed E-state index contributed by atoms with van der Waals surface area (Å²) >= 11 is 0. The molecule has 78 heavy (non-hydrogen) atoms. The number of carbonyl (C=O) groups is 4. The Kier molecular flexibility index (Phi) is 24.1. The Balaban J connectivity index is 1.66. The molecule has 0 saturated carbocycles. The third-order valence-corrected chi connectivity index (χ3v) is 9.86. The third kappa shape index (κ3) is 25.5. The van der Waals surface area contributed by atoms with Crippen LogP contribution >= 0.6 is 0 Å². The Labute approximate surface area is 459 Å². The third-order valence-electron chi connectivity index (χ3n) is 9.86. The number of nitrogens with two attached hydrogens (primary N) is 2. The van der Waals surface area contributed by atoms with Gasteiger partial charge in [-0.3, -0.25) is 31.3 Å². The molecule has 0 aliphatic carbocycles. The Morgan fingerprint density at radius 3 is 0.936 bits per heavy atom. The molecule has 20 heteroatoms. The number of benzene rings is 4. The topological polar surface area (TPSA) is 267 Å². The van der Waals surface area contributed by atoms with Gasteiger partial charge < -0.3 is 49.4 Å². The Morgan fingerprint density at radius 2 is 0.654 bits per heavy atom. The fourth-order valence-corrected chi connectivity index (χ4v) is 6.83. The van der Waals surface area contributed by atoms with Crippen LogP contribution in [0.3, 0.4) is 0 Å². The summed E-state index contributed by atoms with van der Waals surface area (Å²) in [5.74, 6) is 1.97. The van der Waals surface area contributed by atoms with E-state index < -0.39 is 46.8 Å². The highest BCUT2D eigenvalue weighted by Crippen LogP contribution is 2.38. The quantitative estimate of drug-likeness (QED) is 0.0196. The van der Waals surface area contributed by atoms with Crippen molar-refractivity contribution in [2.45, 2.75) is 131 Å². The van der Waals surface area contributed by atoms with Gasteiger partial charge in [0.05, 0.1) is 26.4 Å². The summed E-state index contributed by atoms with van der Waals surface area (Å²) in [7, 11) is 0. The number of alkyl carbamates (subject to hydrolysis) is 4. The van der Waals surface area contributed by atoms with Gasteiger partial charge in [-0.15, -0.1) is 0 Å². The standard InChI is InChI=1S/C58H82N8O12/c1-55(2,3)75-51(67)63-49(64-52(68)76-56(4,5)6)61-24-18-28-73-47-35-43(33-45(37-47)71-26-16-22-59)41-30-40(39-20-14-13-15-21-39)31-42(32-41)44-34-46(72-27-17-23-60)38-48(36-44)74-29-19-25-62-50(65-53(69)77-57(7,8)9)66-54(70)78-58(10,11)12/h13-15,20-21,30-38H,16-19,22-29,59-60H2,1-12H3,(H2,61,63,64,67,68)(H2,62,65,66,69,70). The highest BCUT2D eigenvalue weighted by atomic mass is 16.6. The van der Waals surface area contributed by atoms with E-state index in [-0.39, 0.29) is 38.2 Å². The van der Waals surface area contributed by atoms with E-state index in [0.29, 0.717) is 75.0 Å². The molecule has 4 aromatic rings. The minimum Gasteiger partial charge on any atom is -0.493 e. The van der Waals surface area contributed by atoms with Crippen LogP contribution in [0.15, 0.2) is 94.9 Å². The summed E-state index contributed by atoms with van der Waals surface area (Å²) in [6.07, 6.45) is -1.08. The molecule has 0 radical (unpaired) electrons. The predicted octanol–water partition coefficient (Wildman–Crippen LogP) is 10.5. The van der Waals surface area contributed by atoms with Gasteiger partial charge in [0.15, 0.2) is 0 Å². The van der Waals surface area contributed by atoms with Gasteiger partial charge in [0, 0.05) is 38.1 Å². The van der Waals surface area contributed by atoms with E-state index in [4.69, 9.17) is 49.4 Å². The molecule has 0 spiro atoms. The van der Waals surface area contributed by atoms with Gasteiger partial charge in [0.1, 0.15) is 45.4 Å². The van der Waals surface area contributed by atoms with Crippen LogP contribution in [0.5, 0.6) is 23.0 Å². The normalized spacial score (nSPS) is 11.5. The number of aliphatic imine (C=N–C) groups is 2. The van der Waals surface area contributed by atoms with Crippen molar-refractivity contribution < 1.29 is 57.1 Å². The van der Waals surface area contributed by atoms with E-state index in [1.807, 2.05) is 66.7 Å². The zero-order chi connectivity index (χ0) is 57.5. The molecule has 0 aliphatic rings. The monoisotopic (exact) mass is 1080 g/mol. The largest absolute Gasteiger partial charge is 0.493 e. The second-order valence-electron chi connectivity index (χ2n) is 21.9. The first-order chi connectivity index (χ1) is 36.7. The van der Waals surface area contributed by atoms with Gasteiger partial charge in [-0.2, -0.15) is 0 Å². The van der Waals surface area contributed by atoms with Crippen LogP contribution in [0.4, 0.5) is 19.2 Å². The smallest absolute Gasteiger partial charge is 0.414 e. The van der Waals surface area contributed by atoms with Crippen LogP contribution in [0.25, 0.3) is 33.4 Å². The second kappa shape index (κ2) is 29.8. The molecule has 4 rings (SSSR count). The Bertz CT molecular complexity index is 2430. The first-order valence-corrected chi connectivity index (χ1v) is 26.2. The van der Waals surface area contributed by atoms with E-state index in [1.54, 1.807) is 83.1 Å². The van der Waals surface area contributed by atoms with Crippen molar-refractivity contribution in [3.8, 4) is 56.4 Å². The molecule has 20 nitrogen and oxygen atoms in total. The number of nitrogens with one attached hydrogen (secondary N) is 4. The van der Waals surface area contributed by atoms with Crippen LogP contribution in [0, 0.1) is 0 Å². The number of carbonyl (C=O) groups excluding carboxylic acids is 4. The number of guanidine groups is 2. The molecule has 0 aliphatic heterocycles. The van der Waals surface area contributed by atoms with E-state index in [1.165, 1.54) is 0 Å². The predicted molar refractivity (Wildman–Crippen MR) is 303 cm³/mol. The van der Waals surface area contributed by atoms with Crippen LogP contribution in [-0.4, -0.2) is 111 Å². The maximum absolute atomic E-state index is 12.6. The highest BCUT2D eigenvalue weighted by molar-refractivity contribution is 6.02. The van der Waals surface area contributed by atoms with Crippen LogP contribution < -0.4 is 51.7 Å². The lowest BCUT2D eigenvalue weighted by molar-refractivity contribution is 0.0521. The zero-order valence-corrected chi connectivity index (χ0v) is 47.5. The average molecular weight is 1080 g/mol. The van der Waals surface area contributed by atoms with Gasteiger partial charge >= 0.3 is 24.4 Å². The number of nitrogens with zero attached hydrogens (tertiary/aromatic N) is 2. The first-order valence-electron chi connectivity index (χ1n) is 26.2. The van der Waals surface area contributed by atoms with Crippen LogP contribution in [0.2, 0.25) is 0 Å². The Hall–Kier alpha value is -7.58. The molecule has 0 atom stereocenters. The molecule has 426 valence electrons. The molecule has 0 bridgehead atoms.